The number of nitrogens with zero attached hydrogens (tertiary/aromatic N) is 1. The van der Waals surface area contributed by atoms with E-state index in [1.165, 1.54) is 4.31 Å². The van der Waals surface area contributed by atoms with E-state index in [2.05, 4.69) is 5.32 Å². The number of hydrogen-bond acceptors (Lipinski definition) is 3. The molecular formula is C23H32N2O3S. The van der Waals surface area contributed by atoms with Gasteiger partial charge in [0.15, 0.2) is 0 Å². The summed E-state index contributed by atoms with van der Waals surface area (Å²) in [5, 5.41) is 3.06. The summed E-state index contributed by atoms with van der Waals surface area (Å²) in [5.41, 5.74) is 3.02. The monoisotopic (exact) mass is 416 g/mol. The molecule has 0 aliphatic rings. The van der Waals surface area contributed by atoms with E-state index in [9.17, 15) is 13.2 Å². The second-order valence-corrected chi connectivity index (χ2v) is 10.2. The highest BCUT2D eigenvalue weighted by Gasteiger charge is 2.34. The molecule has 0 bridgehead atoms. The van der Waals surface area contributed by atoms with Crippen molar-refractivity contribution in [3.8, 4) is 0 Å². The maximum absolute atomic E-state index is 13.2. The molecule has 0 aliphatic carbocycles. The largest absolute Gasteiger partial charge is 0.349 e. The average Bonchev–Trinajstić information content (AvgIpc) is 2.57. The van der Waals surface area contributed by atoms with Gasteiger partial charge in [0.05, 0.1) is 11.9 Å². The number of nitrogens with one attached hydrogen (secondary N) is 1. The third kappa shape index (κ3) is 6.32. The summed E-state index contributed by atoms with van der Waals surface area (Å²) in [6, 6.07) is 14.7. The number of rotatable bonds is 8. The number of carbonyl (C=O) groups is 1. The summed E-state index contributed by atoms with van der Waals surface area (Å²) >= 11 is 0. The van der Waals surface area contributed by atoms with Crippen LogP contribution in [0.25, 0.3) is 0 Å². The Bertz CT molecular complexity index is 933. The van der Waals surface area contributed by atoms with Gasteiger partial charge in [-0.15, -0.1) is 0 Å². The van der Waals surface area contributed by atoms with E-state index < -0.39 is 21.6 Å². The molecular weight excluding hydrogens is 384 g/mol. The van der Waals surface area contributed by atoms with Crippen LogP contribution in [0.4, 0.5) is 5.69 Å². The first-order chi connectivity index (χ1) is 13.4. The van der Waals surface area contributed by atoms with Gasteiger partial charge in [0, 0.05) is 5.54 Å². The fourth-order valence-corrected chi connectivity index (χ4v) is 4.90. The third-order valence-corrected chi connectivity index (χ3v) is 5.92. The summed E-state index contributed by atoms with van der Waals surface area (Å²) < 4.78 is 26.6. The Morgan fingerprint density at radius 1 is 1.07 bits per heavy atom. The Balaban J connectivity index is 2.33. The quantitative estimate of drug-likeness (QED) is 0.708. The van der Waals surface area contributed by atoms with Crippen molar-refractivity contribution in [2.24, 2.45) is 0 Å². The summed E-state index contributed by atoms with van der Waals surface area (Å²) in [6.07, 6.45) is 2.17. The van der Waals surface area contributed by atoms with Crippen molar-refractivity contribution in [3.63, 3.8) is 0 Å². The molecule has 0 unspecified atom stereocenters. The minimum Gasteiger partial charge on any atom is -0.349 e. The van der Waals surface area contributed by atoms with Gasteiger partial charge in [-0.2, -0.15) is 0 Å². The van der Waals surface area contributed by atoms with E-state index >= 15 is 0 Å². The SMILES string of the molecule is CC[C@H](C(=O)NC(C)(C)Cc1ccccc1)N(c1cc(C)cc(C)c1)S(C)(=O)=O. The summed E-state index contributed by atoms with van der Waals surface area (Å²) in [6.45, 7) is 9.57. The number of sulfonamides is 1. The van der Waals surface area contributed by atoms with Gasteiger partial charge in [-0.1, -0.05) is 43.3 Å². The topological polar surface area (TPSA) is 66.5 Å². The van der Waals surface area contributed by atoms with Crippen molar-refractivity contribution >= 4 is 21.6 Å². The smallest absolute Gasteiger partial charge is 0.244 e. The lowest BCUT2D eigenvalue weighted by Gasteiger charge is -2.34. The minimum absolute atomic E-state index is 0.294. The molecule has 2 aromatic carbocycles. The Morgan fingerprint density at radius 3 is 2.10 bits per heavy atom. The molecule has 0 saturated heterocycles. The molecule has 2 aromatic rings. The molecule has 29 heavy (non-hydrogen) atoms. The lowest BCUT2D eigenvalue weighted by molar-refractivity contribution is -0.123. The van der Waals surface area contributed by atoms with Crippen LogP contribution in [0.2, 0.25) is 0 Å². The lowest BCUT2D eigenvalue weighted by atomic mass is 9.94. The number of anilines is 1. The highest BCUT2D eigenvalue weighted by atomic mass is 32.2. The first-order valence-electron chi connectivity index (χ1n) is 9.86. The zero-order valence-corrected chi connectivity index (χ0v) is 19.0. The van der Waals surface area contributed by atoms with E-state index in [1.807, 2.05) is 71.0 Å². The highest BCUT2D eigenvalue weighted by Crippen LogP contribution is 2.26. The van der Waals surface area contributed by atoms with E-state index in [0.29, 0.717) is 18.5 Å². The van der Waals surface area contributed by atoms with Crippen LogP contribution in [0.1, 0.15) is 43.9 Å². The molecule has 0 aliphatic heterocycles. The van der Waals surface area contributed by atoms with Crippen molar-refractivity contribution < 1.29 is 13.2 Å². The van der Waals surface area contributed by atoms with Crippen molar-refractivity contribution in [2.45, 2.75) is 59.0 Å². The number of carbonyl (C=O) groups excluding carboxylic acids is 1. The molecule has 6 heteroatoms. The number of hydrogen-bond donors (Lipinski definition) is 1. The Morgan fingerprint density at radius 2 is 1.62 bits per heavy atom. The van der Waals surface area contributed by atoms with Gasteiger partial charge in [-0.05, 0) is 69.4 Å². The van der Waals surface area contributed by atoms with Crippen LogP contribution in [-0.2, 0) is 21.2 Å². The second-order valence-electron chi connectivity index (χ2n) is 8.36. The van der Waals surface area contributed by atoms with Crippen molar-refractivity contribution in [3.05, 3.63) is 65.2 Å². The summed E-state index contributed by atoms with van der Waals surface area (Å²) in [4.78, 5) is 13.2. The molecule has 0 radical (unpaired) electrons. The van der Waals surface area contributed by atoms with Crippen molar-refractivity contribution in [1.82, 2.24) is 5.32 Å². The van der Waals surface area contributed by atoms with Crippen molar-refractivity contribution in [1.29, 1.82) is 0 Å². The maximum Gasteiger partial charge on any atom is 0.244 e. The van der Waals surface area contributed by atoms with Gasteiger partial charge in [0.2, 0.25) is 15.9 Å². The van der Waals surface area contributed by atoms with Crippen LogP contribution < -0.4 is 9.62 Å². The summed E-state index contributed by atoms with van der Waals surface area (Å²) in [7, 11) is -3.65. The lowest BCUT2D eigenvalue weighted by Crippen LogP contribution is -2.55. The van der Waals surface area contributed by atoms with Gasteiger partial charge in [-0.25, -0.2) is 8.42 Å². The predicted molar refractivity (Wildman–Crippen MR) is 120 cm³/mol. The third-order valence-electron chi connectivity index (χ3n) is 4.74. The van der Waals surface area contributed by atoms with Crippen LogP contribution in [0, 0.1) is 13.8 Å². The van der Waals surface area contributed by atoms with Crippen LogP contribution >= 0.6 is 0 Å². The maximum atomic E-state index is 13.2. The first kappa shape index (κ1) is 22.9. The van der Waals surface area contributed by atoms with Crippen LogP contribution in [-0.4, -0.2) is 32.2 Å². The predicted octanol–water partition coefficient (Wildman–Crippen LogP) is 3.99. The van der Waals surface area contributed by atoms with E-state index in [1.54, 1.807) is 12.1 Å². The van der Waals surface area contributed by atoms with Crippen LogP contribution in [0.15, 0.2) is 48.5 Å². The van der Waals surface area contributed by atoms with Gasteiger partial charge in [0.25, 0.3) is 0 Å². The van der Waals surface area contributed by atoms with Crippen LogP contribution in [0.5, 0.6) is 0 Å². The highest BCUT2D eigenvalue weighted by molar-refractivity contribution is 7.92. The fourth-order valence-electron chi connectivity index (χ4n) is 3.71. The molecule has 1 atom stereocenters. The second kappa shape index (κ2) is 8.99. The van der Waals surface area contributed by atoms with Crippen LogP contribution in [0.3, 0.4) is 0 Å². The van der Waals surface area contributed by atoms with Gasteiger partial charge >= 0.3 is 0 Å². The standard InChI is InChI=1S/C23H32N2O3S/c1-7-21(22(26)24-23(4,5)16-19-11-9-8-10-12-19)25(29(6,27)28)20-14-17(2)13-18(3)15-20/h8-15,21H,7,16H2,1-6H3,(H,24,26)/t21-/m1/s1. The molecule has 2 rings (SSSR count). The molecule has 158 valence electrons. The van der Waals surface area contributed by atoms with Gasteiger partial charge in [0.1, 0.15) is 6.04 Å². The van der Waals surface area contributed by atoms with E-state index in [-0.39, 0.29) is 5.91 Å². The zero-order chi connectivity index (χ0) is 21.8. The van der Waals surface area contributed by atoms with Gasteiger partial charge < -0.3 is 5.32 Å². The molecule has 1 N–H and O–H groups in total. The molecule has 0 aromatic heterocycles. The Hall–Kier alpha value is -2.34. The Labute approximate surface area is 175 Å². The summed E-state index contributed by atoms with van der Waals surface area (Å²) in [5.74, 6) is -0.294. The average molecular weight is 417 g/mol. The van der Waals surface area contributed by atoms with Crippen molar-refractivity contribution in [2.75, 3.05) is 10.6 Å². The normalized spacial score (nSPS) is 13.0. The number of benzene rings is 2. The molecule has 1 amide bonds. The number of aryl methyl sites for hydroxylation is 2. The minimum atomic E-state index is -3.65. The first-order valence-corrected chi connectivity index (χ1v) is 11.7. The molecule has 0 fully saturated rings. The number of amides is 1. The van der Waals surface area contributed by atoms with E-state index in [0.717, 1.165) is 22.9 Å². The van der Waals surface area contributed by atoms with Gasteiger partial charge in [-0.3, -0.25) is 9.10 Å². The molecule has 0 heterocycles. The fraction of sp³-hybridized carbons (Fsp3) is 0.435. The zero-order valence-electron chi connectivity index (χ0n) is 18.2. The molecule has 0 saturated carbocycles. The Kier molecular flexibility index (Phi) is 7.11. The van der Waals surface area contributed by atoms with E-state index in [4.69, 9.17) is 0 Å². The molecule has 0 spiro atoms. The molecule has 5 nitrogen and oxygen atoms in total.